The fraction of sp³-hybridized carbons (Fsp3) is 0.333. The Bertz CT molecular complexity index is 1480. The van der Waals surface area contributed by atoms with Crippen molar-refractivity contribution >= 4 is 58.2 Å². The lowest BCUT2D eigenvalue weighted by atomic mass is 10.00. The highest BCUT2D eigenvalue weighted by atomic mass is 35.5. The van der Waals surface area contributed by atoms with Crippen LogP contribution in [0.4, 0.5) is 11.4 Å². The van der Waals surface area contributed by atoms with Crippen LogP contribution in [0.5, 0.6) is 5.75 Å². The van der Waals surface area contributed by atoms with Crippen LogP contribution in [-0.2, 0) is 20.9 Å². The van der Waals surface area contributed by atoms with Gasteiger partial charge in [0.05, 0.1) is 43.2 Å². The lowest BCUT2D eigenvalue weighted by Crippen LogP contribution is -2.55. The number of nitrogens with two attached hydrogens (primary N) is 1. The number of para-hydroxylation sites is 2. The number of benzene rings is 3. The van der Waals surface area contributed by atoms with Crippen LogP contribution in [0, 0.1) is 0 Å². The lowest BCUT2D eigenvalue weighted by Gasteiger charge is -2.27. The number of nitrogens with zero attached hydrogens (tertiary/aromatic N) is 2. The molecule has 5 N–H and O–H groups in total. The Labute approximate surface area is 250 Å². The highest BCUT2D eigenvalue weighted by molar-refractivity contribution is 6.08. The molecular weight excluding hydrogens is 562 g/mol. The van der Waals surface area contributed by atoms with Gasteiger partial charge in [-0.3, -0.25) is 14.4 Å². The van der Waals surface area contributed by atoms with Crippen molar-refractivity contribution in [1.82, 2.24) is 10.6 Å². The van der Waals surface area contributed by atoms with Gasteiger partial charge in [0.15, 0.2) is 0 Å². The zero-order valence-corrected chi connectivity index (χ0v) is 24.6. The largest absolute Gasteiger partial charge is 0.496 e. The minimum atomic E-state index is -1.05. The second kappa shape index (κ2) is 14.1. The number of fused-ring (bicyclic) bond motifs is 2. The summed E-state index contributed by atoms with van der Waals surface area (Å²) in [7, 11) is 3.17. The minimum absolute atomic E-state index is 0. The van der Waals surface area contributed by atoms with Crippen molar-refractivity contribution < 1.29 is 29.0 Å². The Morgan fingerprint density at radius 3 is 2.48 bits per heavy atom. The van der Waals surface area contributed by atoms with Crippen molar-refractivity contribution in [1.29, 1.82) is 0 Å². The van der Waals surface area contributed by atoms with E-state index in [0.717, 1.165) is 0 Å². The van der Waals surface area contributed by atoms with Crippen LogP contribution in [0.25, 0.3) is 10.8 Å². The maximum Gasteiger partial charge on any atom is 0.335 e. The first-order valence-corrected chi connectivity index (χ1v) is 13.4. The van der Waals surface area contributed by atoms with E-state index in [1.807, 2.05) is 0 Å². The molecule has 2 atom stereocenters. The van der Waals surface area contributed by atoms with Gasteiger partial charge in [0.2, 0.25) is 11.8 Å². The molecule has 0 saturated carbocycles. The maximum absolute atomic E-state index is 14.2. The van der Waals surface area contributed by atoms with Crippen molar-refractivity contribution in [2.45, 2.75) is 38.4 Å². The van der Waals surface area contributed by atoms with Gasteiger partial charge >= 0.3 is 5.97 Å². The quantitative estimate of drug-likeness (QED) is 0.278. The molecule has 3 amide bonds. The van der Waals surface area contributed by atoms with Crippen LogP contribution in [0.2, 0.25) is 0 Å². The third kappa shape index (κ3) is 6.64. The minimum Gasteiger partial charge on any atom is -0.496 e. The molecule has 0 radical (unpaired) electrons. The Hall–Kier alpha value is -4.19. The van der Waals surface area contributed by atoms with Gasteiger partial charge in [-0.15, -0.1) is 12.4 Å². The van der Waals surface area contributed by atoms with E-state index < -0.39 is 24.0 Å². The highest BCUT2D eigenvalue weighted by Crippen LogP contribution is 2.37. The fourth-order valence-corrected chi connectivity index (χ4v) is 4.93. The van der Waals surface area contributed by atoms with Gasteiger partial charge in [-0.1, -0.05) is 24.3 Å². The van der Waals surface area contributed by atoms with E-state index in [4.69, 9.17) is 10.5 Å². The number of ether oxygens (including phenoxy) is 1. The number of methoxy groups -OCH3 is 1. The number of carboxylic acids is 1. The zero-order valence-electron chi connectivity index (χ0n) is 23.8. The van der Waals surface area contributed by atoms with Crippen molar-refractivity contribution in [3.63, 3.8) is 0 Å². The molecular formula is C30H36ClN5O6. The molecule has 42 heavy (non-hydrogen) atoms. The van der Waals surface area contributed by atoms with Gasteiger partial charge in [-0.05, 0) is 68.0 Å². The summed E-state index contributed by atoms with van der Waals surface area (Å²) in [6.07, 6.45) is 0.671. The van der Waals surface area contributed by atoms with Crippen LogP contribution in [0.3, 0.4) is 0 Å². The molecule has 224 valence electrons. The van der Waals surface area contributed by atoms with Crippen molar-refractivity contribution in [2.75, 3.05) is 37.0 Å². The zero-order chi connectivity index (χ0) is 29.7. The van der Waals surface area contributed by atoms with E-state index in [0.29, 0.717) is 46.4 Å². The maximum atomic E-state index is 14.2. The molecule has 0 saturated heterocycles. The number of carbonyl (C=O) groups excluding carboxylic acids is 3. The molecule has 0 aromatic heterocycles. The van der Waals surface area contributed by atoms with Gasteiger partial charge in [0.1, 0.15) is 11.8 Å². The summed E-state index contributed by atoms with van der Waals surface area (Å²) in [5, 5.41) is 16.6. The topological polar surface area (TPSA) is 154 Å². The van der Waals surface area contributed by atoms with Gasteiger partial charge in [-0.2, -0.15) is 0 Å². The second-order valence-electron chi connectivity index (χ2n) is 9.87. The number of nitrogens with one attached hydrogen (secondary N) is 2. The Morgan fingerprint density at radius 2 is 1.83 bits per heavy atom. The third-order valence-corrected chi connectivity index (χ3v) is 7.30. The highest BCUT2D eigenvalue weighted by Gasteiger charge is 2.37. The van der Waals surface area contributed by atoms with Crippen LogP contribution >= 0.6 is 12.4 Å². The molecule has 12 heteroatoms. The van der Waals surface area contributed by atoms with Gasteiger partial charge < -0.3 is 36.0 Å². The van der Waals surface area contributed by atoms with Crippen LogP contribution in [0.1, 0.15) is 35.7 Å². The molecule has 2 unspecified atom stereocenters. The first-order chi connectivity index (χ1) is 19.7. The molecule has 4 rings (SSSR count). The third-order valence-electron chi connectivity index (χ3n) is 7.30. The van der Waals surface area contributed by atoms with Crippen LogP contribution in [0.15, 0.2) is 54.6 Å². The summed E-state index contributed by atoms with van der Waals surface area (Å²) in [6.45, 7) is 2.02. The number of aromatic carboxylic acids is 1. The fourth-order valence-electron chi connectivity index (χ4n) is 4.93. The number of hydrogen-bond acceptors (Lipinski definition) is 7. The first-order valence-electron chi connectivity index (χ1n) is 13.4. The molecule has 11 nitrogen and oxygen atoms in total. The predicted molar refractivity (Wildman–Crippen MR) is 163 cm³/mol. The molecule has 0 aliphatic carbocycles. The summed E-state index contributed by atoms with van der Waals surface area (Å²) < 4.78 is 5.66. The summed E-state index contributed by atoms with van der Waals surface area (Å²) in [4.78, 5) is 55.2. The van der Waals surface area contributed by atoms with Crippen molar-refractivity contribution in [3.8, 4) is 5.75 Å². The number of likely N-dealkylation sites (N-methyl/N-ethyl adjacent to an activating group) is 1. The number of carboxylic acid groups (broad SMARTS) is 1. The van der Waals surface area contributed by atoms with E-state index in [2.05, 4.69) is 10.6 Å². The number of carbonyl (C=O) groups is 4. The number of halogens is 1. The van der Waals surface area contributed by atoms with Gasteiger partial charge in [0, 0.05) is 12.0 Å². The number of hydrogen-bond donors (Lipinski definition) is 4. The number of amides is 3. The van der Waals surface area contributed by atoms with Gasteiger partial charge in [-0.25, -0.2) is 4.79 Å². The Kier molecular flexibility index (Phi) is 10.9. The summed E-state index contributed by atoms with van der Waals surface area (Å²) in [6, 6.07) is 13.8. The average molecular weight is 598 g/mol. The van der Waals surface area contributed by atoms with E-state index >= 15 is 0 Å². The Balaban J connectivity index is 0.00000484. The standard InChI is InChI=1S/C30H35N5O6.ClH/c1-18(32-2)28(37)33-23-17-34(27(36)9-6-14-31)24-7-4-5-8-25(24)35(29(23)38)16-22-21-12-10-20(30(39)40)15-19(21)11-13-26(22)41-3;/h4-5,7-8,10-13,15,18,23,32H,6,9,14,16-17,31H2,1-3H3,(H,33,37)(H,39,40);1H. The molecule has 3 aromatic rings. The molecule has 0 fully saturated rings. The molecule has 1 aliphatic rings. The lowest BCUT2D eigenvalue weighted by molar-refractivity contribution is -0.128. The predicted octanol–water partition coefficient (Wildman–Crippen LogP) is 2.68. The second-order valence-corrected chi connectivity index (χ2v) is 9.87. The first kappa shape index (κ1) is 32.3. The van der Waals surface area contributed by atoms with E-state index in [9.17, 15) is 24.3 Å². The molecule has 1 aliphatic heterocycles. The van der Waals surface area contributed by atoms with Crippen LogP contribution < -0.4 is 30.9 Å². The van der Waals surface area contributed by atoms with E-state index in [-0.39, 0.29) is 49.3 Å². The van der Waals surface area contributed by atoms with Crippen LogP contribution in [-0.4, -0.2) is 68.1 Å². The van der Waals surface area contributed by atoms with Crippen molar-refractivity contribution in [3.05, 3.63) is 65.7 Å². The van der Waals surface area contributed by atoms with Crippen molar-refractivity contribution in [2.24, 2.45) is 5.73 Å². The number of rotatable bonds is 10. The Morgan fingerprint density at radius 1 is 1.12 bits per heavy atom. The summed E-state index contributed by atoms with van der Waals surface area (Å²) in [5.41, 5.74) is 7.49. The summed E-state index contributed by atoms with van der Waals surface area (Å²) in [5.74, 6) is -1.52. The molecule has 1 heterocycles. The monoisotopic (exact) mass is 597 g/mol. The molecule has 0 bridgehead atoms. The molecule has 0 spiro atoms. The summed E-state index contributed by atoms with van der Waals surface area (Å²) >= 11 is 0. The molecule has 3 aromatic carbocycles. The van der Waals surface area contributed by atoms with E-state index in [1.54, 1.807) is 67.4 Å². The van der Waals surface area contributed by atoms with E-state index in [1.165, 1.54) is 18.1 Å². The number of anilines is 2. The normalized spacial score (nSPS) is 15.3. The smallest absolute Gasteiger partial charge is 0.335 e. The average Bonchev–Trinajstić information content (AvgIpc) is 3.09. The SMILES string of the molecule is CNC(C)C(=O)NC1CN(C(=O)CCCN)c2ccccc2N(Cc2c(OC)ccc3cc(C(=O)O)ccc23)C1=O.Cl. The van der Waals surface area contributed by atoms with Gasteiger partial charge in [0.25, 0.3) is 5.91 Å².